The van der Waals surface area contributed by atoms with Gasteiger partial charge in [0.15, 0.2) is 0 Å². The summed E-state index contributed by atoms with van der Waals surface area (Å²) in [4.78, 5) is 2.50. The molecule has 3 heteroatoms. The van der Waals surface area contributed by atoms with Gasteiger partial charge in [-0.15, -0.1) is 0 Å². The molecule has 1 saturated heterocycles. The van der Waals surface area contributed by atoms with Crippen LogP contribution >= 0.6 is 0 Å². The molecule has 1 unspecified atom stereocenters. The lowest BCUT2D eigenvalue weighted by atomic mass is 9.77. The van der Waals surface area contributed by atoms with Crippen molar-refractivity contribution in [2.45, 2.75) is 50.7 Å². The number of nitrogens with two attached hydrogens (primary N) is 1. The van der Waals surface area contributed by atoms with Crippen LogP contribution in [0, 0.1) is 0 Å². The van der Waals surface area contributed by atoms with Gasteiger partial charge in [0.2, 0.25) is 0 Å². The number of hydrogen-bond acceptors (Lipinski definition) is 3. The highest BCUT2D eigenvalue weighted by Gasteiger charge is 2.35. The molecule has 88 valence electrons. The zero-order valence-corrected chi connectivity index (χ0v) is 9.87. The van der Waals surface area contributed by atoms with Gasteiger partial charge in [-0.05, 0) is 45.6 Å². The molecule has 0 spiro atoms. The van der Waals surface area contributed by atoms with Crippen molar-refractivity contribution < 1.29 is 4.74 Å². The normalized spacial score (nSPS) is 31.2. The molecule has 0 radical (unpaired) electrons. The van der Waals surface area contributed by atoms with Gasteiger partial charge in [-0.2, -0.15) is 0 Å². The van der Waals surface area contributed by atoms with Crippen molar-refractivity contribution in [3.8, 4) is 0 Å². The van der Waals surface area contributed by atoms with Crippen LogP contribution in [0.4, 0.5) is 0 Å². The first-order chi connectivity index (χ1) is 7.22. The highest BCUT2D eigenvalue weighted by Crippen LogP contribution is 2.30. The van der Waals surface area contributed by atoms with Crippen LogP contribution in [0.25, 0.3) is 0 Å². The van der Waals surface area contributed by atoms with Gasteiger partial charge in [0.1, 0.15) is 0 Å². The van der Waals surface area contributed by atoms with Crippen LogP contribution in [-0.4, -0.2) is 42.8 Å². The molecule has 2 fully saturated rings. The monoisotopic (exact) mass is 212 g/mol. The Morgan fingerprint density at radius 1 is 1.40 bits per heavy atom. The number of rotatable bonds is 4. The van der Waals surface area contributed by atoms with Crippen LogP contribution in [0.3, 0.4) is 0 Å². The van der Waals surface area contributed by atoms with Gasteiger partial charge in [-0.25, -0.2) is 0 Å². The molecule has 1 aliphatic carbocycles. The van der Waals surface area contributed by atoms with Crippen LogP contribution in [0.1, 0.15) is 39.0 Å². The number of nitrogens with zero attached hydrogens (tertiary/aromatic N) is 1. The van der Waals surface area contributed by atoms with E-state index in [1.54, 1.807) is 0 Å². The molecule has 0 amide bonds. The summed E-state index contributed by atoms with van der Waals surface area (Å²) in [7, 11) is 0. The third-order valence-corrected chi connectivity index (χ3v) is 3.75. The second kappa shape index (κ2) is 4.81. The van der Waals surface area contributed by atoms with E-state index in [9.17, 15) is 0 Å². The minimum absolute atomic E-state index is 0.133. The fourth-order valence-electron chi connectivity index (χ4n) is 2.76. The van der Waals surface area contributed by atoms with Crippen molar-refractivity contribution in [2.75, 3.05) is 26.2 Å². The molecule has 3 nitrogen and oxygen atoms in total. The van der Waals surface area contributed by atoms with Crippen molar-refractivity contribution in [3.63, 3.8) is 0 Å². The van der Waals surface area contributed by atoms with E-state index in [0.717, 1.165) is 19.7 Å². The Balaban J connectivity index is 1.77. The van der Waals surface area contributed by atoms with E-state index in [0.29, 0.717) is 6.10 Å². The summed E-state index contributed by atoms with van der Waals surface area (Å²) in [5.74, 6) is 0. The van der Waals surface area contributed by atoms with Crippen molar-refractivity contribution in [1.82, 2.24) is 4.90 Å². The van der Waals surface area contributed by atoms with E-state index in [2.05, 4.69) is 11.8 Å². The third-order valence-electron chi connectivity index (χ3n) is 3.75. The van der Waals surface area contributed by atoms with Crippen LogP contribution in [0.5, 0.6) is 0 Å². The zero-order chi connectivity index (χ0) is 10.7. The predicted octanol–water partition coefficient (Wildman–Crippen LogP) is 1.37. The quantitative estimate of drug-likeness (QED) is 0.765. The van der Waals surface area contributed by atoms with Gasteiger partial charge < -0.3 is 10.5 Å². The number of ether oxygens (including phenoxy) is 1. The van der Waals surface area contributed by atoms with E-state index in [1.165, 1.54) is 38.6 Å². The van der Waals surface area contributed by atoms with Gasteiger partial charge in [-0.3, -0.25) is 4.90 Å². The summed E-state index contributed by atoms with van der Waals surface area (Å²) >= 11 is 0. The first-order valence-electron chi connectivity index (χ1n) is 6.35. The lowest BCUT2D eigenvalue weighted by Gasteiger charge is -2.44. The Labute approximate surface area is 93.0 Å². The molecule has 2 N–H and O–H groups in total. The van der Waals surface area contributed by atoms with Crippen LogP contribution in [-0.2, 0) is 4.74 Å². The largest absolute Gasteiger partial charge is 0.377 e. The second-order valence-corrected chi connectivity index (χ2v) is 5.17. The lowest BCUT2D eigenvalue weighted by molar-refractivity contribution is -0.00500. The maximum atomic E-state index is 6.27. The Bertz CT molecular complexity index is 202. The van der Waals surface area contributed by atoms with Crippen molar-refractivity contribution in [1.29, 1.82) is 0 Å². The minimum atomic E-state index is 0.133. The fraction of sp³-hybridized carbons (Fsp3) is 1.00. The smallest absolute Gasteiger partial charge is 0.0702 e. The topological polar surface area (TPSA) is 38.5 Å². The van der Waals surface area contributed by atoms with E-state index >= 15 is 0 Å². The van der Waals surface area contributed by atoms with E-state index < -0.39 is 0 Å². The Morgan fingerprint density at radius 3 is 2.80 bits per heavy atom. The summed E-state index contributed by atoms with van der Waals surface area (Å²) in [6, 6.07) is 0. The molecule has 1 heterocycles. The first kappa shape index (κ1) is 11.4. The average molecular weight is 212 g/mol. The molecule has 2 aliphatic rings. The Kier molecular flexibility index (Phi) is 3.65. The van der Waals surface area contributed by atoms with Crippen LogP contribution < -0.4 is 5.73 Å². The zero-order valence-electron chi connectivity index (χ0n) is 9.87. The molecule has 0 aromatic carbocycles. The number of piperidine rings is 1. The molecule has 0 aromatic rings. The van der Waals surface area contributed by atoms with Gasteiger partial charge >= 0.3 is 0 Å². The lowest BCUT2D eigenvalue weighted by Crippen LogP contribution is -2.57. The van der Waals surface area contributed by atoms with Crippen molar-refractivity contribution >= 4 is 0 Å². The van der Waals surface area contributed by atoms with E-state index in [1.807, 2.05) is 0 Å². The van der Waals surface area contributed by atoms with Crippen LogP contribution in [0.2, 0.25) is 0 Å². The number of likely N-dealkylation sites (tertiary alicyclic amines) is 1. The standard InChI is InChI=1S/C12H24N2O/c1-2-15-11-5-3-8-14(9-11)10-12(13)6-4-7-12/h11H,2-10,13H2,1H3. The maximum Gasteiger partial charge on any atom is 0.0702 e. The fourth-order valence-corrected chi connectivity index (χ4v) is 2.76. The molecule has 2 rings (SSSR count). The van der Waals surface area contributed by atoms with Gasteiger partial charge in [0.25, 0.3) is 0 Å². The summed E-state index contributed by atoms with van der Waals surface area (Å²) in [6.07, 6.45) is 6.68. The first-order valence-corrected chi connectivity index (χ1v) is 6.35. The van der Waals surface area contributed by atoms with E-state index in [4.69, 9.17) is 10.5 Å². The molecular weight excluding hydrogens is 188 g/mol. The highest BCUT2D eigenvalue weighted by molar-refractivity contribution is 4.96. The van der Waals surface area contributed by atoms with Gasteiger partial charge in [0, 0.05) is 25.2 Å². The summed E-state index contributed by atoms with van der Waals surface area (Å²) in [6.45, 7) is 6.30. The SMILES string of the molecule is CCOC1CCCN(CC2(N)CCC2)C1. The molecule has 1 saturated carbocycles. The summed E-state index contributed by atoms with van der Waals surface area (Å²) in [5.41, 5.74) is 6.40. The summed E-state index contributed by atoms with van der Waals surface area (Å²) < 4.78 is 5.70. The van der Waals surface area contributed by atoms with Crippen molar-refractivity contribution in [3.05, 3.63) is 0 Å². The molecule has 0 aromatic heterocycles. The maximum absolute atomic E-state index is 6.27. The molecule has 0 bridgehead atoms. The highest BCUT2D eigenvalue weighted by atomic mass is 16.5. The van der Waals surface area contributed by atoms with E-state index in [-0.39, 0.29) is 5.54 Å². The predicted molar refractivity (Wildman–Crippen MR) is 61.9 cm³/mol. The van der Waals surface area contributed by atoms with Gasteiger partial charge in [0.05, 0.1) is 6.10 Å². The third kappa shape index (κ3) is 2.92. The minimum Gasteiger partial charge on any atom is -0.377 e. The van der Waals surface area contributed by atoms with Crippen LogP contribution in [0.15, 0.2) is 0 Å². The Morgan fingerprint density at radius 2 is 2.20 bits per heavy atom. The van der Waals surface area contributed by atoms with Gasteiger partial charge in [-0.1, -0.05) is 0 Å². The molecular formula is C12H24N2O. The Hall–Kier alpha value is -0.120. The molecule has 1 atom stereocenters. The van der Waals surface area contributed by atoms with Crippen molar-refractivity contribution in [2.24, 2.45) is 5.73 Å². The second-order valence-electron chi connectivity index (χ2n) is 5.17. The number of hydrogen-bond donors (Lipinski definition) is 1. The molecule has 1 aliphatic heterocycles. The average Bonchev–Trinajstić information content (AvgIpc) is 2.16. The summed E-state index contributed by atoms with van der Waals surface area (Å²) in [5, 5.41) is 0. The molecule has 15 heavy (non-hydrogen) atoms.